The summed E-state index contributed by atoms with van der Waals surface area (Å²) in [5.74, 6) is -0.546. The Morgan fingerprint density at radius 2 is 1.92 bits per heavy atom. The van der Waals surface area contributed by atoms with Crippen LogP contribution < -0.4 is 0 Å². The monoisotopic (exact) mass is 204 g/mol. The van der Waals surface area contributed by atoms with Gasteiger partial charge in [-0.1, -0.05) is 0 Å². The second-order valence-electron chi connectivity index (χ2n) is 4.10. The van der Waals surface area contributed by atoms with E-state index in [-0.39, 0.29) is 17.4 Å². The maximum Gasteiger partial charge on any atom is 0.153 e. The van der Waals surface area contributed by atoms with E-state index in [0.29, 0.717) is 0 Å². The molecular weight excluding hydrogens is 192 g/mol. The number of sulfone groups is 1. The number of carbonyl (C=O) groups is 1. The van der Waals surface area contributed by atoms with Crippen LogP contribution in [0.25, 0.3) is 0 Å². The third-order valence-corrected chi connectivity index (χ3v) is 4.84. The number of aliphatic hydroxyl groups excluding tert-OH is 1. The molecule has 0 amide bonds. The maximum atomic E-state index is 11.2. The van der Waals surface area contributed by atoms with Crippen molar-refractivity contribution in [1.29, 1.82) is 0 Å². The van der Waals surface area contributed by atoms with Crippen molar-refractivity contribution in [2.24, 2.45) is 11.3 Å². The molecule has 5 heteroatoms. The molecule has 13 heavy (non-hydrogen) atoms. The van der Waals surface area contributed by atoms with Gasteiger partial charge in [0.15, 0.2) is 9.84 Å². The van der Waals surface area contributed by atoms with Gasteiger partial charge in [-0.2, -0.15) is 0 Å². The summed E-state index contributed by atoms with van der Waals surface area (Å²) in [5, 5.41) is 9.49. The van der Waals surface area contributed by atoms with Crippen molar-refractivity contribution >= 4 is 16.1 Å². The van der Waals surface area contributed by atoms with E-state index in [0.717, 1.165) is 19.1 Å². The van der Waals surface area contributed by atoms with Crippen LogP contribution in [0, 0.1) is 11.3 Å². The fourth-order valence-electron chi connectivity index (χ4n) is 2.10. The maximum absolute atomic E-state index is 11.2. The molecule has 1 N–H and O–H groups in total. The van der Waals surface area contributed by atoms with E-state index < -0.39 is 21.4 Å². The average molecular weight is 204 g/mol. The molecule has 2 fully saturated rings. The van der Waals surface area contributed by atoms with E-state index in [2.05, 4.69) is 0 Å². The average Bonchev–Trinajstić information content (AvgIpc) is 2.75. The van der Waals surface area contributed by atoms with Gasteiger partial charge in [0, 0.05) is 11.3 Å². The Balaban J connectivity index is 2.23. The van der Waals surface area contributed by atoms with Crippen molar-refractivity contribution in [2.75, 3.05) is 11.5 Å². The highest BCUT2D eigenvalue weighted by Gasteiger charge is 2.56. The molecule has 0 unspecified atom stereocenters. The number of aldehydes is 1. The highest BCUT2D eigenvalue weighted by Crippen LogP contribution is 2.53. The van der Waals surface area contributed by atoms with Crippen LogP contribution in [0.1, 0.15) is 12.8 Å². The molecule has 1 aliphatic carbocycles. The quantitative estimate of drug-likeness (QED) is 0.608. The van der Waals surface area contributed by atoms with Crippen molar-refractivity contribution < 1.29 is 18.3 Å². The summed E-state index contributed by atoms with van der Waals surface area (Å²) >= 11 is 0. The standard InChI is InChI=1S/C8H12O4S/c9-5-8(1-2-8)6-3-13(11,12)4-7(6)10/h5-7,10H,1-4H2/t6-,7-/m1/s1. The zero-order valence-corrected chi connectivity index (χ0v) is 7.96. The van der Waals surface area contributed by atoms with Crippen LogP contribution in [0.5, 0.6) is 0 Å². The number of carbonyl (C=O) groups excluding carboxylic acids is 1. The van der Waals surface area contributed by atoms with Gasteiger partial charge in [-0.05, 0) is 12.8 Å². The van der Waals surface area contributed by atoms with Crippen LogP contribution in [0.3, 0.4) is 0 Å². The van der Waals surface area contributed by atoms with Crippen LogP contribution in [-0.4, -0.2) is 37.4 Å². The highest BCUT2D eigenvalue weighted by molar-refractivity contribution is 7.91. The van der Waals surface area contributed by atoms with Gasteiger partial charge in [-0.15, -0.1) is 0 Å². The smallest absolute Gasteiger partial charge is 0.153 e. The number of rotatable bonds is 2. The summed E-state index contributed by atoms with van der Waals surface area (Å²) in [5.41, 5.74) is -0.511. The minimum absolute atomic E-state index is 0.0209. The molecule has 1 aliphatic heterocycles. The molecule has 2 aliphatic rings. The fourth-order valence-corrected chi connectivity index (χ4v) is 4.09. The minimum atomic E-state index is -3.11. The van der Waals surface area contributed by atoms with Gasteiger partial charge in [-0.3, -0.25) is 0 Å². The van der Waals surface area contributed by atoms with Gasteiger partial charge in [0.1, 0.15) is 6.29 Å². The minimum Gasteiger partial charge on any atom is -0.392 e. The Hall–Kier alpha value is -0.420. The van der Waals surface area contributed by atoms with Gasteiger partial charge >= 0.3 is 0 Å². The van der Waals surface area contributed by atoms with Crippen LogP contribution in [0.15, 0.2) is 0 Å². The SMILES string of the molecule is O=CC1([C@@H]2CS(=O)(=O)C[C@H]2O)CC1. The fraction of sp³-hybridized carbons (Fsp3) is 0.875. The van der Waals surface area contributed by atoms with Crippen LogP contribution in [0.2, 0.25) is 0 Å². The normalized spacial score (nSPS) is 40.1. The largest absolute Gasteiger partial charge is 0.392 e. The predicted molar refractivity (Wildman–Crippen MR) is 45.9 cm³/mol. The highest BCUT2D eigenvalue weighted by atomic mass is 32.2. The second-order valence-corrected chi connectivity index (χ2v) is 6.26. The third kappa shape index (κ3) is 1.40. The molecule has 0 radical (unpaired) electrons. The number of hydrogen-bond acceptors (Lipinski definition) is 4. The lowest BCUT2D eigenvalue weighted by atomic mass is 9.88. The van der Waals surface area contributed by atoms with Gasteiger partial charge < -0.3 is 9.90 Å². The molecule has 74 valence electrons. The summed E-state index contributed by atoms with van der Waals surface area (Å²) in [6.07, 6.45) is 1.45. The van der Waals surface area contributed by atoms with E-state index in [1.165, 1.54) is 0 Å². The Morgan fingerprint density at radius 3 is 2.23 bits per heavy atom. The lowest BCUT2D eigenvalue weighted by Gasteiger charge is -2.18. The summed E-state index contributed by atoms with van der Waals surface area (Å²) in [6, 6.07) is 0. The number of hydrogen-bond donors (Lipinski definition) is 1. The van der Waals surface area contributed by atoms with Crippen LogP contribution in [0.4, 0.5) is 0 Å². The van der Waals surface area contributed by atoms with Gasteiger partial charge in [0.25, 0.3) is 0 Å². The lowest BCUT2D eigenvalue weighted by Crippen LogP contribution is -2.28. The first-order valence-electron chi connectivity index (χ1n) is 4.34. The Morgan fingerprint density at radius 1 is 1.31 bits per heavy atom. The molecule has 1 saturated heterocycles. The van der Waals surface area contributed by atoms with Crippen molar-refractivity contribution in [1.82, 2.24) is 0 Å². The Kier molecular flexibility index (Phi) is 1.79. The van der Waals surface area contributed by atoms with Crippen LogP contribution >= 0.6 is 0 Å². The summed E-state index contributed by atoms with van der Waals surface area (Å²) in [7, 11) is -3.11. The topological polar surface area (TPSA) is 71.4 Å². The van der Waals surface area contributed by atoms with Crippen molar-refractivity contribution in [2.45, 2.75) is 18.9 Å². The van der Waals surface area contributed by atoms with Crippen molar-refractivity contribution in [3.63, 3.8) is 0 Å². The molecule has 4 nitrogen and oxygen atoms in total. The third-order valence-electron chi connectivity index (χ3n) is 3.12. The predicted octanol–water partition coefficient (Wildman–Crippen LogP) is -0.629. The van der Waals surface area contributed by atoms with Gasteiger partial charge in [0.2, 0.25) is 0 Å². The van der Waals surface area contributed by atoms with Gasteiger partial charge in [0.05, 0.1) is 17.6 Å². The summed E-state index contributed by atoms with van der Waals surface area (Å²) in [4.78, 5) is 10.7. The molecule has 1 heterocycles. The van der Waals surface area contributed by atoms with E-state index in [9.17, 15) is 18.3 Å². The van der Waals surface area contributed by atoms with Crippen molar-refractivity contribution in [3.05, 3.63) is 0 Å². The Bertz CT molecular complexity index is 328. The summed E-state index contributed by atoms with van der Waals surface area (Å²) < 4.78 is 22.3. The molecular formula is C8H12O4S. The van der Waals surface area contributed by atoms with E-state index in [1.54, 1.807) is 0 Å². The molecule has 0 aromatic heterocycles. The van der Waals surface area contributed by atoms with E-state index in [4.69, 9.17) is 0 Å². The molecule has 0 aromatic rings. The molecule has 2 rings (SSSR count). The molecule has 1 saturated carbocycles. The molecule has 0 aromatic carbocycles. The zero-order valence-electron chi connectivity index (χ0n) is 7.14. The van der Waals surface area contributed by atoms with Gasteiger partial charge in [-0.25, -0.2) is 8.42 Å². The second kappa shape index (κ2) is 2.54. The molecule has 0 spiro atoms. The Labute approximate surface area is 76.9 Å². The first-order chi connectivity index (χ1) is 5.99. The zero-order chi connectivity index (χ0) is 9.69. The lowest BCUT2D eigenvalue weighted by molar-refractivity contribution is -0.114. The van der Waals surface area contributed by atoms with E-state index in [1.807, 2.05) is 0 Å². The van der Waals surface area contributed by atoms with Crippen molar-refractivity contribution in [3.8, 4) is 0 Å². The molecule has 0 bridgehead atoms. The van der Waals surface area contributed by atoms with E-state index >= 15 is 0 Å². The molecule has 2 atom stereocenters. The first kappa shape index (κ1) is 9.15. The number of aliphatic hydroxyl groups is 1. The van der Waals surface area contributed by atoms with Crippen LogP contribution in [-0.2, 0) is 14.6 Å². The first-order valence-corrected chi connectivity index (χ1v) is 6.16. The summed E-state index contributed by atoms with van der Waals surface area (Å²) in [6.45, 7) is 0.